The molecule has 1 amide bonds. The van der Waals surface area contributed by atoms with Gasteiger partial charge in [-0.2, -0.15) is 0 Å². The number of piperidine rings is 1. The molecule has 0 spiro atoms. The van der Waals surface area contributed by atoms with E-state index >= 15 is 0 Å². The third kappa shape index (κ3) is 3.30. The minimum Gasteiger partial charge on any atom is -0.490 e. The van der Waals surface area contributed by atoms with Crippen LogP contribution >= 0.6 is 0 Å². The van der Waals surface area contributed by atoms with Gasteiger partial charge in [0.15, 0.2) is 5.75 Å². The van der Waals surface area contributed by atoms with Crippen molar-refractivity contribution in [1.82, 2.24) is 10.2 Å². The fraction of sp³-hybridized carbons (Fsp3) is 0.500. The summed E-state index contributed by atoms with van der Waals surface area (Å²) in [6.07, 6.45) is 1.78. The molecule has 0 bridgehead atoms. The molecule has 1 aromatic carbocycles. The van der Waals surface area contributed by atoms with Crippen LogP contribution in [0.5, 0.6) is 5.75 Å². The van der Waals surface area contributed by atoms with Gasteiger partial charge in [-0.3, -0.25) is 14.9 Å². The van der Waals surface area contributed by atoms with Crippen molar-refractivity contribution in [3.63, 3.8) is 0 Å². The van der Waals surface area contributed by atoms with E-state index in [9.17, 15) is 14.9 Å². The average Bonchev–Trinajstić information content (AvgIpc) is 2.53. The molecule has 0 atom stereocenters. The van der Waals surface area contributed by atoms with Crippen molar-refractivity contribution in [2.24, 2.45) is 0 Å². The number of likely N-dealkylation sites (tertiary alicyclic amines) is 1. The van der Waals surface area contributed by atoms with Crippen molar-refractivity contribution >= 4 is 11.6 Å². The molecular formula is C14H19N3O4. The highest BCUT2D eigenvalue weighted by molar-refractivity contribution is 5.95. The summed E-state index contributed by atoms with van der Waals surface area (Å²) < 4.78 is 4.94. The van der Waals surface area contributed by atoms with Crippen LogP contribution in [0.3, 0.4) is 0 Å². The average molecular weight is 293 g/mol. The maximum absolute atomic E-state index is 12.4. The Morgan fingerprint density at radius 3 is 2.62 bits per heavy atom. The lowest BCUT2D eigenvalue weighted by Gasteiger charge is -2.31. The van der Waals surface area contributed by atoms with Crippen LogP contribution in [0.15, 0.2) is 18.2 Å². The summed E-state index contributed by atoms with van der Waals surface area (Å²) in [6.45, 7) is 1.31. The molecule has 0 aromatic heterocycles. The number of amides is 1. The second kappa shape index (κ2) is 6.53. The standard InChI is InChI=1S/C14H19N3O4/c1-15-11-5-7-16(8-6-11)14(18)10-3-4-13(21-2)12(9-10)17(19)20/h3-4,9,11,15H,5-8H2,1-2H3. The van der Waals surface area contributed by atoms with Gasteiger partial charge in [0.25, 0.3) is 5.91 Å². The molecule has 0 saturated carbocycles. The number of nitro benzene ring substituents is 1. The molecule has 0 radical (unpaired) electrons. The molecule has 0 aliphatic carbocycles. The molecule has 0 unspecified atom stereocenters. The van der Waals surface area contributed by atoms with Gasteiger partial charge in [0, 0.05) is 30.8 Å². The predicted octanol–water partition coefficient (Wildman–Crippen LogP) is 1.43. The van der Waals surface area contributed by atoms with E-state index < -0.39 is 4.92 Å². The fourth-order valence-corrected chi connectivity index (χ4v) is 2.52. The van der Waals surface area contributed by atoms with Gasteiger partial charge in [-0.1, -0.05) is 0 Å². The number of hydrogen-bond acceptors (Lipinski definition) is 5. The molecule has 1 heterocycles. The summed E-state index contributed by atoms with van der Waals surface area (Å²) in [5.41, 5.74) is 0.138. The first kappa shape index (κ1) is 15.2. The zero-order valence-corrected chi connectivity index (χ0v) is 12.2. The van der Waals surface area contributed by atoms with E-state index in [1.54, 1.807) is 11.0 Å². The smallest absolute Gasteiger partial charge is 0.311 e. The maximum Gasteiger partial charge on any atom is 0.311 e. The summed E-state index contributed by atoms with van der Waals surface area (Å²) >= 11 is 0. The van der Waals surface area contributed by atoms with Crippen molar-refractivity contribution in [2.75, 3.05) is 27.2 Å². The Labute approximate surface area is 123 Å². The van der Waals surface area contributed by atoms with E-state index in [2.05, 4.69) is 5.32 Å². The highest BCUT2D eigenvalue weighted by Gasteiger charge is 2.25. The number of nitrogens with zero attached hydrogens (tertiary/aromatic N) is 2. The second-order valence-electron chi connectivity index (χ2n) is 5.00. The lowest BCUT2D eigenvalue weighted by Crippen LogP contribution is -2.43. The van der Waals surface area contributed by atoms with Gasteiger partial charge in [-0.15, -0.1) is 0 Å². The van der Waals surface area contributed by atoms with Gasteiger partial charge in [0.1, 0.15) is 0 Å². The topological polar surface area (TPSA) is 84.7 Å². The number of nitro groups is 1. The molecule has 21 heavy (non-hydrogen) atoms. The van der Waals surface area contributed by atoms with Gasteiger partial charge >= 0.3 is 5.69 Å². The largest absolute Gasteiger partial charge is 0.490 e. The fourth-order valence-electron chi connectivity index (χ4n) is 2.52. The van der Waals surface area contributed by atoms with Crippen molar-refractivity contribution in [1.29, 1.82) is 0 Å². The van der Waals surface area contributed by atoms with Crippen molar-refractivity contribution in [3.8, 4) is 5.75 Å². The van der Waals surface area contributed by atoms with Gasteiger partial charge < -0.3 is 15.0 Å². The number of carbonyl (C=O) groups is 1. The maximum atomic E-state index is 12.4. The summed E-state index contributed by atoms with van der Waals surface area (Å²) in [6, 6.07) is 4.74. The Morgan fingerprint density at radius 1 is 1.43 bits per heavy atom. The van der Waals surface area contributed by atoms with Gasteiger partial charge in [0.2, 0.25) is 0 Å². The summed E-state index contributed by atoms with van der Waals surface area (Å²) in [5.74, 6) is -0.0132. The quantitative estimate of drug-likeness (QED) is 0.670. The zero-order chi connectivity index (χ0) is 15.4. The number of methoxy groups -OCH3 is 1. The van der Waals surface area contributed by atoms with Gasteiger partial charge in [-0.25, -0.2) is 0 Å². The highest BCUT2D eigenvalue weighted by atomic mass is 16.6. The molecule has 1 aliphatic rings. The Kier molecular flexibility index (Phi) is 4.74. The minimum absolute atomic E-state index is 0.158. The molecule has 1 aromatic rings. The molecule has 7 heteroatoms. The molecule has 1 aliphatic heterocycles. The van der Waals surface area contributed by atoms with E-state index in [0.29, 0.717) is 24.7 Å². The van der Waals surface area contributed by atoms with Crippen LogP contribution in [0, 0.1) is 10.1 Å². The van der Waals surface area contributed by atoms with Crippen LogP contribution in [0.1, 0.15) is 23.2 Å². The first-order valence-corrected chi connectivity index (χ1v) is 6.85. The zero-order valence-electron chi connectivity index (χ0n) is 12.2. The second-order valence-corrected chi connectivity index (χ2v) is 5.00. The molecule has 114 valence electrons. The summed E-state index contributed by atoms with van der Waals surface area (Å²) in [7, 11) is 3.28. The highest BCUT2D eigenvalue weighted by Crippen LogP contribution is 2.28. The summed E-state index contributed by atoms with van der Waals surface area (Å²) in [4.78, 5) is 24.6. The van der Waals surface area contributed by atoms with Crippen molar-refractivity contribution < 1.29 is 14.5 Å². The van der Waals surface area contributed by atoms with E-state index in [4.69, 9.17) is 4.74 Å². The van der Waals surface area contributed by atoms with Crippen LogP contribution < -0.4 is 10.1 Å². The predicted molar refractivity (Wildman–Crippen MR) is 77.6 cm³/mol. The number of benzene rings is 1. The van der Waals surface area contributed by atoms with Crippen LogP contribution in [0.25, 0.3) is 0 Å². The number of rotatable bonds is 4. The van der Waals surface area contributed by atoms with Crippen LogP contribution in [0.2, 0.25) is 0 Å². The third-order valence-corrected chi connectivity index (χ3v) is 3.81. The van der Waals surface area contributed by atoms with Gasteiger partial charge in [0.05, 0.1) is 12.0 Å². The molecule has 7 nitrogen and oxygen atoms in total. The third-order valence-electron chi connectivity index (χ3n) is 3.81. The molecule has 1 saturated heterocycles. The summed E-state index contributed by atoms with van der Waals surface area (Å²) in [5, 5.41) is 14.2. The van der Waals surface area contributed by atoms with Crippen molar-refractivity contribution in [2.45, 2.75) is 18.9 Å². The first-order valence-electron chi connectivity index (χ1n) is 6.85. The Balaban J connectivity index is 2.16. The Hall–Kier alpha value is -2.15. The number of carbonyl (C=O) groups excluding carboxylic acids is 1. The number of nitrogens with one attached hydrogen (secondary N) is 1. The van der Waals surface area contributed by atoms with Gasteiger partial charge in [-0.05, 0) is 32.0 Å². The Bertz CT molecular complexity index is 539. The molecule has 2 rings (SSSR count). The number of hydrogen-bond donors (Lipinski definition) is 1. The normalized spacial score (nSPS) is 15.8. The van der Waals surface area contributed by atoms with Crippen molar-refractivity contribution in [3.05, 3.63) is 33.9 Å². The molecule has 1 N–H and O–H groups in total. The molecule has 1 fully saturated rings. The number of ether oxygens (including phenoxy) is 1. The first-order chi connectivity index (χ1) is 10.1. The van der Waals surface area contributed by atoms with Crippen LogP contribution in [0.4, 0.5) is 5.69 Å². The minimum atomic E-state index is -0.539. The SMILES string of the molecule is CNC1CCN(C(=O)c2ccc(OC)c([N+](=O)[O-])c2)CC1. The van der Waals surface area contributed by atoms with E-state index in [1.165, 1.54) is 19.2 Å². The van der Waals surface area contributed by atoms with E-state index in [0.717, 1.165) is 12.8 Å². The Morgan fingerprint density at radius 2 is 2.10 bits per heavy atom. The lowest BCUT2D eigenvalue weighted by molar-refractivity contribution is -0.385. The van der Waals surface area contributed by atoms with Crippen LogP contribution in [-0.2, 0) is 0 Å². The lowest BCUT2D eigenvalue weighted by atomic mass is 10.0. The van der Waals surface area contributed by atoms with Crippen LogP contribution in [-0.4, -0.2) is 49.0 Å². The monoisotopic (exact) mass is 293 g/mol. The molecular weight excluding hydrogens is 274 g/mol. The van der Waals surface area contributed by atoms with E-state index in [1.807, 2.05) is 7.05 Å². The van der Waals surface area contributed by atoms with E-state index in [-0.39, 0.29) is 17.3 Å².